The Hall–Kier alpha value is -0.870. The summed E-state index contributed by atoms with van der Waals surface area (Å²) in [6, 6.07) is 7.74. The van der Waals surface area contributed by atoms with Crippen LogP contribution in [0.15, 0.2) is 28.7 Å². The van der Waals surface area contributed by atoms with Crippen molar-refractivity contribution >= 4 is 21.9 Å². The van der Waals surface area contributed by atoms with Gasteiger partial charge in [-0.25, -0.2) is 0 Å². The number of rotatable bonds is 5. The Kier molecular flexibility index (Phi) is 5.49. The van der Waals surface area contributed by atoms with Crippen molar-refractivity contribution in [3.05, 3.63) is 34.3 Å². The quantitative estimate of drug-likeness (QED) is 0.845. The number of carbonyl (C=O) groups is 1. The van der Waals surface area contributed by atoms with Gasteiger partial charge in [0.15, 0.2) is 0 Å². The molecule has 0 fully saturated rings. The topological polar surface area (TPSA) is 52.3 Å². The molecule has 4 heteroatoms. The second kappa shape index (κ2) is 6.66. The van der Waals surface area contributed by atoms with Crippen LogP contribution in [0.5, 0.6) is 0 Å². The molecule has 1 atom stereocenters. The van der Waals surface area contributed by atoms with Crippen LogP contribution in [-0.2, 0) is 16.0 Å². The van der Waals surface area contributed by atoms with E-state index in [4.69, 9.17) is 10.5 Å². The van der Waals surface area contributed by atoms with Gasteiger partial charge in [-0.2, -0.15) is 0 Å². The molecule has 0 radical (unpaired) electrons. The lowest BCUT2D eigenvalue weighted by Crippen LogP contribution is -2.27. The summed E-state index contributed by atoms with van der Waals surface area (Å²) in [5.41, 5.74) is 6.99. The standard InChI is InChI=1S/C12H16BrNO2/c1-2-16-12(15)8-11(14)7-9-3-5-10(13)6-4-9/h3-6,11H,2,7-8,14H2,1H3. The molecule has 0 saturated heterocycles. The molecule has 0 aliphatic rings. The minimum atomic E-state index is -0.230. The Morgan fingerprint density at radius 3 is 2.62 bits per heavy atom. The predicted octanol–water partition coefficient (Wildman–Crippen LogP) is 2.27. The van der Waals surface area contributed by atoms with Gasteiger partial charge in [-0.15, -0.1) is 0 Å². The van der Waals surface area contributed by atoms with E-state index >= 15 is 0 Å². The van der Waals surface area contributed by atoms with Crippen LogP contribution in [-0.4, -0.2) is 18.6 Å². The minimum absolute atomic E-state index is 0.180. The van der Waals surface area contributed by atoms with E-state index in [2.05, 4.69) is 15.9 Å². The average Bonchev–Trinajstić information content (AvgIpc) is 2.21. The zero-order valence-corrected chi connectivity index (χ0v) is 10.9. The third-order valence-corrected chi connectivity index (χ3v) is 2.67. The number of hydrogen-bond donors (Lipinski definition) is 1. The smallest absolute Gasteiger partial charge is 0.307 e. The van der Waals surface area contributed by atoms with Crippen LogP contribution in [0, 0.1) is 0 Å². The molecule has 88 valence electrons. The summed E-state index contributed by atoms with van der Waals surface area (Å²) < 4.78 is 5.88. The predicted molar refractivity (Wildman–Crippen MR) is 67.1 cm³/mol. The molecule has 1 rings (SSSR count). The third kappa shape index (κ3) is 4.77. The Morgan fingerprint density at radius 1 is 1.44 bits per heavy atom. The van der Waals surface area contributed by atoms with Gasteiger partial charge in [0.25, 0.3) is 0 Å². The molecule has 0 amide bonds. The number of carbonyl (C=O) groups excluding carboxylic acids is 1. The van der Waals surface area contributed by atoms with Gasteiger partial charge < -0.3 is 10.5 Å². The zero-order valence-electron chi connectivity index (χ0n) is 9.28. The molecule has 3 nitrogen and oxygen atoms in total. The number of halogens is 1. The molecule has 0 spiro atoms. The molecule has 1 aromatic rings. The van der Waals surface area contributed by atoms with E-state index in [9.17, 15) is 4.79 Å². The molecule has 0 heterocycles. The Bertz CT molecular complexity index is 337. The highest BCUT2D eigenvalue weighted by molar-refractivity contribution is 9.10. The van der Waals surface area contributed by atoms with Gasteiger partial charge in [-0.3, -0.25) is 4.79 Å². The van der Waals surface area contributed by atoms with Crippen LogP contribution in [0.2, 0.25) is 0 Å². The summed E-state index contributed by atoms with van der Waals surface area (Å²) in [7, 11) is 0. The van der Waals surface area contributed by atoms with Crippen LogP contribution in [0.25, 0.3) is 0 Å². The first kappa shape index (κ1) is 13.2. The lowest BCUT2D eigenvalue weighted by atomic mass is 10.0. The lowest BCUT2D eigenvalue weighted by molar-refractivity contribution is -0.143. The molecule has 1 aromatic carbocycles. The minimum Gasteiger partial charge on any atom is -0.466 e. The average molecular weight is 286 g/mol. The Morgan fingerprint density at radius 2 is 2.06 bits per heavy atom. The van der Waals surface area contributed by atoms with Crippen LogP contribution < -0.4 is 5.73 Å². The highest BCUT2D eigenvalue weighted by Crippen LogP contribution is 2.12. The molecular weight excluding hydrogens is 270 g/mol. The Balaban J connectivity index is 2.42. The molecule has 0 aromatic heterocycles. The van der Waals surface area contributed by atoms with Crippen molar-refractivity contribution in [3.8, 4) is 0 Å². The van der Waals surface area contributed by atoms with Gasteiger partial charge in [-0.05, 0) is 31.0 Å². The van der Waals surface area contributed by atoms with Crippen molar-refractivity contribution < 1.29 is 9.53 Å². The fraction of sp³-hybridized carbons (Fsp3) is 0.417. The largest absolute Gasteiger partial charge is 0.466 e. The molecule has 0 aliphatic carbocycles. The van der Waals surface area contributed by atoms with E-state index in [-0.39, 0.29) is 18.4 Å². The number of hydrogen-bond acceptors (Lipinski definition) is 3. The van der Waals surface area contributed by atoms with E-state index < -0.39 is 0 Å². The van der Waals surface area contributed by atoms with Crippen LogP contribution in [0.3, 0.4) is 0 Å². The van der Waals surface area contributed by atoms with Crippen molar-refractivity contribution in [2.45, 2.75) is 25.8 Å². The summed E-state index contributed by atoms with van der Waals surface area (Å²) in [4.78, 5) is 11.2. The molecule has 16 heavy (non-hydrogen) atoms. The van der Waals surface area contributed by atoms with Crippen molar-refractivity contribution in [2.24, 2.45) is 5.73 Å². The molecule has 2 N–H and O–H groups in total. The van der Waals surface area contributed by atoms with Crippen molar-refractivity contribution in [1.29, 1.82) is 0 Å². The van der Waals surface area contributed by atoms with E-state index in [1.54, 1.807) is 6.92 Å². The number of nitrogens with two attached hydrogens (primary N) is 1. The second-order valence-electron chi connectivity index (χ2n) is 3.60. The normalized spacial score (nSPS) is 12.2. The maximum atomic E-state index is 11.2. The van der Waals surface area contributed by atoms with E-state index in [1.807, 2.05) is 24.3 Å². The maximum absolute atomic E-state index is 11.2. The lowest BCUT2D eigenvalue weighted by Gasteiger charge is -2.10. The third-order valence-electron chi connectivity index (χ3n) is 2.15. The van der Waals surface area contributed by atoms with Crippen molar-refractivity contribution in [3.63, 3.8) is 0 Å². The molecular formula is C12H16BrNO2. The summed E-state index contributed by atoms with van der Waals surface area (Å²) >= 11 is 3.37. The highest BCUT2D eigenvalue weighted by Gasteiger charge is 2.10. The maximum Gasteiger partial charge on any atom is 0.307 e. The summed E-state index contributed by atoms with van der Waals surface area (Å²) in [6.45, 7) is 2.20. The van der Waals surface area contributed by atoms with Gasteiger partial charge >= 0.3 is 5.97 Å². The highest BCUT2D eigenvalue weighted by atomic mass is 79.9. The van der Waals surface area contributed by atoms with Gasteiger partial charge in [0.1, 0.15) is 0 Å². The van der Waals surface area contributed by atoms with Crippen LogP contribution in [0.4, 0.5) is 0 Å². The van der Waals surface area contributed by atoms with Crippen molar-refractivity contribution in [2.75, 3.05) is 6.61 Å². The summed E-state index contributed by atoms with van der Waals surface area (Å²) in [5.74, 6) is -0.230. The molecule has 0 aliphatic heterocycles. The monoisotopic (exact) mass is 285 g/mol. The number of ether oxygens (including phenoxy) is 1. The zero-order chi connectivity index (χ0) is 12.0. The SMILES string of the molecule is CCOC(=O)CC(N)Cc1ccc(Br)cc1. The summed E-state index contributed by atoms with van der Waals surface area (Å²) in [6.07, 6.45) is 0.954. The van der Waals surface area contributed by atoms with Gasteiger partial charge in [0.2, 0.25) is 0 Å². The van der Waals surface area contributed by atoms with Crippen LogP contribution >= 0.6 is 15.9 Å². The summed E-state index contributed by atoms with van der Waals surface area (Å²) in [5, 5.41) is 0. The molecule has 0 bridgehead atoms. The van der Waals surface area contributed by atoms with Crippen molar-refractivity contribution in [1.82, 2.24) is 0 Å². The number of esters is 1. The number of benzene rings is 1. The fourth-order valence-corrected chi connectivity index (χ4v) is 1.69. The van der Waals surface area contributed by atoms with E-state index in [0.29, 0.717) is 13.0 Å². The molecule has 0 saturated carbocycles. The van der Waals surface area contributed by atoms with Gasteiger partial charge in [0, 0.05) is 10.5 Å². The second-order valence-corrected chi connectivity index (χ2v) is 4.52. The fourth-order valence-electron chi connectivity index (χ4n) is 1.43. The van der Waals surface area contributed by atoms with E-state index in [0.717, 1.165) is 10.0 Å². The first-order valence-electron chi connectivity index (χ1n) is 5.27. The first-order chi connectivity index (χ1) is 7.61. The van der Waals surface area contributed by atoms with Gasteiger partial charge in [0.05, 0.1) is 13.0 Å². The first-order valence-corrected chi connectivity index (χ1v) is 6.06. The van der Waals surface area contributed by atoms with E-state index in [1.165, 1.54) is 0 Å². The Labute approximate surface area is 104 Å². The van der Waals surface area contributed by atoms with Gasteiger partial charge in [-0.1, -0.05) is 28.1 Å². The van der Waals surface area contributed by atoms with Crippen LogP contribution in [0.1, 0.15) is 18.9 Å². The molecule has 1 unspecified atom stereocenters.